The summed E-state index contributed by atoms with van der Waals surface area (Å²) in [7, 11) is 1.82. The lowest BCUT2D eigenvalue weighted by atomic mass is 10.2. The fourth-order valence-corrected chi connectivity index (χ4v) is 3.85. The van der Waals surface area contributed by atoms with E-state index in [9.17, 15) is 0 Å². The van der Waals surface area contributed by atoms with Gasteiger partial charge in [-0.25, -0.2) is 0 Å². The molecule has 1 aromatic carbocycles. The van der Waals surface area contributed by atoms with E-state index >= 15 is 0 Å². The Kier molecular flexibility index (Phi) is 5.74. The molecule has 1 aromatic heterocycles. The van der Waals surface area contributed by atoms with Crippen molar-refractivity contribution in [3.63, 3.8) is 0 Å². The lowest BCUT2D eigenvalue weighted by molar-refractivity contribution is 0.386. The lowest BCUT2D eigenvalue weighted by Crippen LogP contribution is -2.40. The van der Waals surface area contributed by atoms with Gasteiger partial charge >= 0.3 is 0 Å². The van der Waals surface area contributed by atoms with E-state index < -0.39 is 0 Å². The molecule has 1 saturated heterocycles. The Bertz CT molecular complexity index is 673. The van der Waals surface area contributed by atoms with Crippen molar-refractivity contribution in [1.82, 2.24) is 20.4 Å². The van der Waals surface area contributed by atoms with E-state index in [-0.39, 0.29) is 0 Å². The van der Waals surface area contributed by atoms with Crippen LogP contribution in [0.5, 0.6) is 0 Å². The summed E-state index contributed by atoms with van der Waals surface area (Å²) in [6.45, 7) is 4.39. The van der Waals surface area contributed by atoms with Crippen LogP contribution in [0.2, 0.25) is 0 Å². The number of thioether (sulfide) groups is 1. The largest absolute Gasteiger partial charge is 0.349 e. The second kappa shape index (κ2) is 8.19. The van der Waals surface area contributed by atoms with Crippen LogP contribution in [0.1, 0.15) is 18.1 Å². The van der Waals surface area contributed by atoms with Crippen molar-refractivity contribution in [2.45, 2.75) is 24.8 Å². The molecular formula is C17H23N5OS. The standard InChI is InChI=1S/C17H23N5OS/c1-13-20-16(21-23-13)10-19-17(18-2)22-9-8-14(11-22)12-24-15-6-4-3-5-7-15/h3-7,14H,8-12H2,1-2H3,(H,18,19). The van der Waals surface area contributed by atoms with Crippen LogP contribution in [-0.4, -0.2) is 46.9 Å². The Morgan fingerprint density at radius 3 is 2.96 bits per heavy atom. The first-order valence-electron chi connectivity index (χ1n) is 8.17. The Balaban J connectivity index is 1.46. The van der Waals surface area contributed by atoms with Crippen molar-refractivity contribution in [2.24, 2.45) is 10.9 Å². The highest BCUT2D eigenvalue weighted by molar-refractivity contribution is 7.99. The van der Waals surface area contributed by atoms with Gasteiger partial charge in [-0.3, -0.25) is 4.99 Å². The van der Waals surface area contributed by atoms with Gasteiger partial charge in [-0.15, -0.1) is 11.8 Å². The van der Waals surface area contributed by atoms with Gasteiger partial charge in [-0.2, -0.15) is 4.98 Å². The topological polar surface area (TPSA) is 66.5 Å². The fraction of sp³-hybridized carbons (Fsp3) is 0.471. The summed E-state index contributed by atoms with van der Waals surface area (Å²) in [5, 5.41) is 7.22. The van der Waals surface area contributed by atoms with Gasteiger partial charge in [0.25, 0.3) is 0 Å². The van der Waals surface area contributed by atoms with E-state index in [0.29, 0.717) is 24.2 Å². The Labute approximate surface area is 146 Å². The molecule has 2 aromatic rings. The third-order valence-electron chi connectivity index (χ3n) is 4.00. The highest BCUT2D eigenvalue weighted by atomic mass is 32.2. The number of nitrogens with zero attached hydrogens (tertiary/aromatic N) is 4. The molecule has 1 unspecified atom stereocenters. The minimum absolute atomic E-state index is 0.532. The monoisotopic (exact) mass is 345 g/mol. The predicted molar refractivity (Wildman–Crippen MR) is 96.1 cm³/mol. The molecule has 1 aliphatic heterocycles. The molecule has 1 aliphatic rings. The summed E-state index contributed by atoms with van der Waals surface area (Å²) in [6.07, 6.45) is 1.20. The van der Waals surface area contributed by atoms with Crippen LogP contribution in [0.25, 0.3) is 0 Å². The van der Waals surface area contributed by atoms with Crippen LogP contribution in [0, 0.1) is 12.8 Å². The summed E-state index contributed by atoms with van der Waals surface area (Å²) < 4.78 is 4.99. The molecule has 0 amide bonds. The van der Waals surface area contributed by atoms with E-state index in [1.807, 2.05) is 18.8 Å². The summed E-state index contributed by atoms with van der Waals surface area (Å²) in [5.74, 6) is 3.97. The molecule has 0 radical (unpaired) electrons. The molecule has 1 atom stereocenters. The molecule has 24 heavy (non-hydrogen) atoms. The number of benzene rings is 1. The minimum Gasteiger partial charge on any atom is -0.349 e. The molecule has 1 N–H and O–H groups in total. The molecule has 1 fully saturated rings. The van der Waals surface area contributed by atoms with Gasteiger partial charge in [-0.05, 0) is 24.5 Å². The normalized spacial score (nSPS) is 18.2. The zero-order valence-electron chi connectivity index (χ0n) is 14.1. The molecule has 0 saturated carbocycles. The average Bonchev–Trinajstić information content (AvgIpc) is 3.24. The number of aromatic nitrogens is 2. The number of likely N-dealkylation sites (tertiary alicyclic amines) is 1. The summed E-state index contributed by atoms with van der Waals surface area (Å²) >= 11 is 1.93. The molecule has 7 heteroatoms. The van der Waals surface area contributed by atoms with Gasteiger partial charge in [0, 0.05) is 37.7 Å². The Hall–Kier alpha value is -2.02. The number of hydrogen-bond donors (Lipinski definition) is 1. The summed E-state index contributed by atoms with van der Waals surface area (Å²) in [4.78, 5) is 12.2. The first kappa shape index (κ1) is 16.8. The van der Waals surface area contributed by atoms with Gasteiger partial charge in [0.15, 0.2) is 11.8 Å². The molecule has 0 spiro atoms. The van der Waals surface area contributed by atoms with Crippen LogP contribution < -0.4 is 5.32 Å². The lowest BCUT2D eigenvalue weighted by Gasteiger charge is -2.21. The number of aryl methyl sites for hydroxylation is 1. The first-order valence-corrected chi connectivity index (χ1v) is 9.16. The maximum atomic E-state index is 4.99. The number of guanidine groups is 1. The number of nitrogens with one attached hydrogen (secondary N) is 1. The van der Waals surface area contributed by atoms with Crippen LogP contribution in [-0.2, 0) is 6.54 Å². The molecule has 0 bridgehead atoms. The Morgan fingerprint density at radius 2 is 2.25 bits per heavy atom. The second-order valence-electron chi connectivity index (χ2n) is 5.86. The number of hydrogen-bond acceptors (Lipinski definition) is 5. The van der Waals surface area contributed by atoms with Gasteiger partial charge in [0.1, 0.15) is 0 Å². The fourth-order valence-electron chi connectivity index (χ4n) is 2.80. The van der Waals surface area contributed by atoms with Crippen molar-refractivity contribution in [2.75, 3.05) is 25.9 Å². The van der Waals surface area contributed by atoms with Crippen molar-refractivity contribution in [3.8, 4) is 0 Å². The van der Waals surface area contributed by atoms with E-state index in [4.69, 9.17) is 4.52 Å². The van der Waals surface area contributed by atoms with Crippen molar-refractivity contribution >= 4 is 17.7 Å². The molecule has 2 heterocycles. The smallest absolute Gasteiger partial charge is 0.223 e. The molecule has 0 aliphatic carbocycles. The Morgan fingerprint density at radius 1 is 1.42 bits per heavy atom. The maximum absolute atomic E-state index is 4.99. The van der Waals surface area contributed by atoms with Crippen molar-refractivity contribution < 1.29 is 4.52 Å². The summed E-state index contributed by atoms with van der Waals surface area (Å²) in [5.41, 5.74) is 0. The van der Waals surface area contributed by atoms with E-state index in [2.05, 4.69) is 55.7 Å². The highest BCUT2D eigenvalue weighted by Crippen LogP contribution is 2.25. The molecule has 3 rings (SSSR count). The maximum Gasteiger partial charge on any atom is 0.223 e. The van der Waals surface area contributed by atoms with Crippen LogP contribution in [0.4, 0.5) is 0 Å². The van der Waals surface area contributed by atoms with Crippen LogP contribution in [0.15, 0.2) is 44.7 Å². The number of aliphatic imine (C=N–C) groups is 1. The predicted octanol–water partition coefficient (Wildman–Crippen LogP) is 2.57. The van der Waals surface area contributed by atoms with Crippen molar-refractivity contribution in [1.29, 1.82) is 0 Å². The summed E-state index contributed by atoms with van der Waals surface area (Å²) in [6, 6.07) is 10.6. The third-order valence-corrected chi connectivity index (χ3v) is 5.24. The van der Waals surface area contributed by atoms with Crippen LogP contribution in [0.3, 0.4) is 0 Å². The molecule has 6 nitrogen and oxygen atoms in total. The quantitative estimate of drug-likeness (QED) is 0.510. The average molecular weight is 345 g/mol. The van der Waals surface area contributed by atoms with Crippen LogP contribution >= 0.6 is 11.8 Å². The zero-order chi connectivity index (χ0) is 16.8. The molecular weight excluding hydrogens is 322 g/mol. The van der Waals surface area contributed by atoms with E-state index in [0.717, 1.165) is 24.8 Å². The molecule has 128 valence electrons. The van der Waals surface area contributed by atoms with Gasteiger partial charge in [-0.1, -0.05) is 23.4 Å². The van der Waals surface area contributed by atoms with Gasteiger partial charge in [0.05, 0.1) is 6.54 Å². The van der Waals surface area contributed by atoms with E-state index in [1.54, 1.807) is 6.92 Å². The second-order valence-corrected chi connectivity index (χ2v) is 6.95. The minimum atomic E-state index is 0.532. The highest BCUT2D eigenvalue weighted by Gasteiger charge is 2.25. The zero-order valence-corrected chi connectivity index (χ0v) is 14.9. The van der Waals surface area contributed by atoms with Crippen molar-refractivity contribution in [3.05, 3.63) is 42.0 Å². The van der Waals surface area contributed by atoms with Gasteiger partial charge < -0.3 is 14.7 Å². The number of rotatable bonds is 5. The SMILES string of the molecule is CN=C(NCc1noc(C)n1)N1CCC(CSc2ccccc2)C1. The van der Waals surface area contributed by atoms with E-state index in [1.165, 1.54) is 11.3 Å². The van der Waals surface area contributed by atoms with Gasteiger partial charge in [0.2, 0.25) is 5.89 Å². The first-order chi connectivity index (χ1) is 11.7. The third kappa shape index (κ3) is 4.50.